The first-order valence-electron chi connectivity index (χ1n) is 6.46. The molecule has 0 saturated carbocycles. The van der Waals surface area contributed by atoms with Crippen LogP contribution in [0.5, 0.6) is 0 Å². The normalized spacial score (nSPS) is 21.1. The summed E-state index contributed by atoms with van der Waals surface area (Å²) in [7, 11) is -1.83. The lowest BCUT2D eigenvalue weighted by Gasteiger charge is -2.27. The number of carbonyl (C=O) groups is 2. The van der Waals surface area contributed by atoms with Gasteiger partial charge in [0.15, 0.2) is 9.84 Å². The van der Waals surface area contributed by atoms with E-state index in [4.69, 9.17) is 0 Å². The standard InChI is InChI=1S/C12H21NO5S/c1-3-4-5-11(14)13(8-12(15)18-2)10-6-7-19(16,17)9-10/h10H,3-9H2,1-2H3. The zero-order valence-corrected chi connectivity index (χ0v) is 12.2. The number of nitrogens with zero attached hydrogens (tertiary/aromatic N) is 1. The molecule has 7 heteroatoms. The Hall–Kier alpha value is -1.11. The van der Waals surface area contributed by atoms with Gasteiger partial charge >= 0.3 is 5.97 Å². The van der Waals surface area contributed by atoms with E-state index in [0.29, 0.717) is 12.8 Å². The molecule has 0 bridgehead atoms. The van der Waals surface area contributed by atoms with Gasteiger partial charge in [0.05, 0.1) is 18.6 Å². The molecule has 1 rings (SSSR count). The number of amides is 1. The summed E-state index contributed by atoms with van der Waals surface area (Å²) in [6.07, 6.45) is 2.35. The third kappa shape index (κ3) is 4.81. The molecule has 0 aromatic rings. The van der Waals surface area contributed by atoms with Crippen LogP contribution in [-0.4, -0.2) is 56.4 Å². The number of carbonyl (C=O) groups excluding carboxylic acids is 2. The minimum absolute atomic E-state index is 0.0537. The summed E-state index contributed by atoms with van der Waals surface area (Å²) in [5.41, 5.74) is 0. The Morgan fingerprint density at radius 2 is 2.05 bits per heavy atom. The highest BCUT2D eigenvalue weighted by atomic mass is 32.2. The van der Waals surface area contributed by atoms with Crippen LogP contribution in [0.3, 0.4) is 0 Å². The molecule has 1 aliphatic heterocycles. The van der Waals surface area contributed by atoms with Crippen molar-refractivity contribution in [2.24, 2.45) is 0 Å². The van der Waals surface area contributed by atoms with Crippen LogP contribution in [0.4, 0.5) is 0 Å². The predicted octanol–water partition coefficient (Wildman–Crippen LogP) is 0.365. The Bertz CT molecular complexity index is 431. The van der Waals surface area contributed by atoms with Crippen LogP contribution >= 0.6 is 0 Å². The van der Waals surface area contributed by atoms with E-state index < -0.39 is 21.8 Å². The van der Waals surface area contributed by atoms with Gasteiger partial charge in [0, 0.05) is 12.5 Å². The van der Waals surface area contributed by atoms with Gasteiger partial charge in [-0.2, -0.15) is 0 Å². The van der Waals surface area contributed by atoms with Crippen LogP contribution in [0.15, 0.2) is 0 Å². The maximum atomic E-state index is 12.1. The van der Waals surface area contributed by atoms with E-state index in [9.17, 15) is 18.0 Å². The minimum atomic E-state index is -3.08. The SMILES string of the molecule is CCCCC(=O)N(CC(=O)OC)C1CCS(=O)(=O)C1. The second kappa shape index (κ2) is 6.88. The highest BCUT2D eigenvalue weighted by Crippen LogP contribution is 2.19. The Morgan fingerprint density at radius 3 is 2.53 bits per heavy atom. The Balaban J connectivity index is 2.74. The molecule has 0 N–H and O–H groups in total. The van der Waals surface area contributed by atoms with Crippen LogP contribution in [0.25, 0.3) is 0 Å². The first kappa shape index (κ1) is 15.9. The van der Waals surface area contributed by atoms with E-state index in [2.05, 4.69) is 4.74 Å². The number of esters is 1. The zero-order chi connectivity index (χ0) is 14.5. The molecule has 1 unspecified atom stereocenters. The van der Waals surface area contributed by atoms with E-state index in [0.717, 1.165) is 12.8 Å². The molecule has 1 heterocycles. The topological polar surface area (TPSA) is 80.8 Å². The van der Waals surface area contributed by atoms with Gasteiger partial charge in [0.2, 0.25) is 5.91 Å². The molecular formula is C12H21NO5S. The van der Waals surface area contributed by atoms with Gasteiger partial charge < -0.3 is 9.64 Å². The summed E-state index contributed by atoms with van der Waals surface area (Å²) in [5.74, 6) is -0.665. The maximum absolute atomic E-state index is 12.1. The number of ether oxygens (including phenoxy) is 1. The van der Waals surface area contributed by atoms with Gasteiger partial charge in [-0.05, 0) is 12.8 Å². The van der Waals surface area contributed by atoms with E-state index >= 15 is 0 Å². The van der Waals surface area contributed by atoms with Crippen LogP contribution in [-0.2, 0) is 24.2 Å². The van der Waals surface area contributed by atoms with Crippen LogP contribution < -0.4 is 0 Å². The number of unbranched alkanes of at least 4 members (excludes halogenated alkanes) is 1. The van der Waals surface area contributed by atoms with Gasteiger partial charge in [-0.15, -0.1) is 0 Å². The smallest absolute Gasteiger partial charge is 0.325 e. The monoisotopic (exact) mass is 291 g/mol. The number of rotatable bonds is 6. The molecule has 0 aromatic heterocycles. The summed E-state index contributed by atoms with van der Waals surface area (Å²) < 4.78 is 27.5. The van der Waals surface area contributed by atoms with Crippen molar-refractivity contribution >= 4 is 21.7 Å². The van der Waals surface area contributed by atoms with Crippen molar-refractivity contribution in [3.63, 3.8) is 0 Å². The fraction of sp³-hybridized carbons (Fsp3) is 0.833. The summed E-state index contributed by atoms with van der Waals surface area (Å²) >= 11 is 0. The van der Waals surface area contributed by atoms with Crippen molar-refractivity contribution in [2.75, 3.05) is 25.2 Å². The van der Waals surface area contributed by atoms with E-state index in [1.165, 1.54) is 12.0 Å². The number of hydrogen-bond donors (Lipinski definition) is 0. The quantitative estimate of drug-likeness (QED) is 0.660. The summed E-state index contributed by atoms with van der Waals surface area (Å²) in [6, 6.07) is -0.395. The summed E-state index contributed by atoms with van der Waals surface area (Å²) in [5, 5.41) is 0. The fourth-order valence-electron chi connectivity index (χ4n) is 2.12. The van der Waals surface area contributed by atoms with Crippen molar-refractivity contribution in [3.8, 4) is 0 Å². The Labute approximate surface area is 114 Å². The molecule has 0 aliphatic carbocycles. The largest absolute Gasteiger partial charge is 0.468 e. The van der Waals surface area contributed by atoms with Crippen LogP contribution in [0, 0.1) is 0 Å². The van der Waals surface area contributed by atoms with Crippen molar-refractivity contribution in [3.05, 3.63) is 0 Å². The molecule has 0 spiro atoms. The number of hydrogen-bond acceptors (Lipinski definition) is 5. The van der Waals surface area contributed by atoms with E-state index in [1.807, 2.05) is 6.92 Å². The third-order valence-electron chi connectivity index (χ3n) is 3.24. The first-order valence-corrected chi connectivity index (χ1v) is 8.28. The summed E-state index contributed by atoms with van der Waals surface area (Å²) in [4.78, 5) is 24.8. The Morgan fingerprint density at radius 1 is 1.37 bits per heavy atom. The Kier molecular flexibility index (Phi) is 5.78. The highest BCUT2D eigenvalue weighted by molar-refractivity contribution is 7.91. The van der Waals surface area contributed by atoms with Gasteiger partial charge in [0.1, 0.15) is 6.54 Å². The van der Waals surface area contributed by atoms with Crippen molar-refractivity contribution in [1.29, 1.82) is 0 Å². The molecule has 1 aliphatic rings. The molecule has 1 saturated heterocycles. The van der Waals surface area contributed by atoms with Crippen molar-refractivity contribution < 1.29 is 22.7 Å². The molecule has 19 heavy (non-hydrogen) atoms. The first-order chi connectivity index (χ1) is 8.89. The van der Waals surface area contributed by atoms with E-state index in [1.54, 1.807) is 0 Å². The van der Waals surface area contributed by atoms with Gasteiger partial charge in [-0.1, -0.05) is 13.3 Å². The molecule has 0 radical (unpaired) electrons. The lowest BCUT2D eigenvalue weighted by Crippen LogP contribution is -2.44. The maximum Gasteiger partial charge on any atom is 0.325 e. The second-order valence-electron chi connectivity index (χ2n) is 4.76. The van der Waals surface area contributed by atoms with Crippen LogP contribution in [0.2, 0.25) is 0 Å². The van der Waals surface area contributed by atoms with Crippen LogP contribution in [0.1, 0.15) is 32.6 Å². The van der Waals surface area contributed by atoms with Crippen molar-refractivity contribution in [1.82, 2.24) is 4.90 Å². The average molecular weight is 291 g/mol. The molecular weight excluding hydrogens is 270 g/mol. The lowest BCUT2D eigenvalue weighted by molar-refractivity contribution is -0.148. The highest BCUT2D eigenvalue weighted by Gasteiger charge is 2.35. The lowest BCUT2D eigenvalue weighted by atomic mass is 10.1. The zero-order valence-electron chi connectivity index (χ0n) is 11.4. The number of methoxy groups -OCH3 is 1. The van der Waals surface area contributed by atoms with Gasteiger partial charge in [0.25, 0.3) is 0 Å². The van der Waals surface area contributed by atoms with Crippen molar-refractivity contribution in [2.45, 2.75) is 38.6 Å². The molecule has 1 amide bonds. The fourth-order valence-corrected chi connectivity index (χ4v) is 3.85. The second-order valence-corrected chi connectivity index (χ2v) is 6.99. The number of sulfone groups is 1. The minimum Gasteiger partial charge on any atom is -0.468 e. The molecule has 110 valence electrons. The third-order valence-corrected chi connectivity index (χ3v) is 4.99. The van der Waals surface area contributed by atoms with Gasteiger partial charge in [-0.25, -0.2) is 8.42 Å². The molecule has 0 aromatic carbocycles. The predicted molar refractivity (Wildman–Crippen MR) is 70.3 cm³/mol. The molecule has 1 fully saturated rings. The van der Waals surface area contributed by atoms with E-state index in [-0.39, 0.29) is 24.0 Å². The summed E-state index contributed by atoms with van der Waals surface area (Å²) in [6.45, 7) is 1.80. The van der Waals surface area contributed by atoms with Gasteiger partial charge in [-0.3, -0.25) is 9.59 Å². The average Bonchev–Trinajstić information content (AvgIpc) is 2.72. The molecule has 6 nitrogen and oxygen atoms in total. The molecule has 1 atom stereocenters.